The zero-order valence-corrected chi connectivity index (χ0v) is 19.4. The summed E-state index contributed by atoms with van der Waals surface area (Å²) in [7, 11) is 1.88. The fourth-order valence-corrected chi connectivity index (χ4v) is 4.94. The van der Waals surface area contributed by atoms with E-state index in [1.165, 1.54) is 23.3 Å². The van der Waals surface area contributed by atoms with Gasteiger partial charge in [0.25, 0.3) is 0 Å². The van der Waals surface area contributed by atoms with Crippen LogP contribution in [0.2, 0.25) is 0 Å². The van der Waals surface area contributed by atoms with Crippen LogP contribution in [0, 0.1) is 5.92 Å². The van der Waals surface area contributed by atoms with Crippen molar-refractivity contribution < 1.29 is 0 Å². The van der Waals surface area contributed by atoms with Gasteiger partial charge in [0.15, 0.2) is 0 Å². The molecule has 0 aliphatic heterocycles. The number of allylic oxidation sites excluding steroid dienone is 1. The molecule has 5 heteroatoms. The minimum atomic E-state index is -0.146. The number of aryl methyl sites for hydroxylation is 1. The Morgan fingerprint density at radius 2 is 1.96 bits per heavy atom. The quantitative estimate of drug-likeness (QED) is 0.275. The third kappa shape index (κ3) is 5.06. The molecule has 1 aromatic heterocycles. The summed E-state index contributed by atoms with van der Waals surface area (Å²) in [5.41, 5.74) is 5.39. The van der Waals surface area contributed by atoms with Gasteiger partial charge in [0.2, 0.25) is 0 Å². The maximum absolute atomic E-state index is 4.67. The van der Waals surface area contributed by atoms with Crippen molar-refractivity contribution in [3.63, 3.8) is 0 Å². The van der Waals surface area contributed by atoms with Crippen LogP contribution in [0.15, 0.2) is 63.6 Å². The Balaban J connectivity index is 1.80. The molecule has 0 spiro atoms. The fourth-order valence-electron chi connectivity index (χ4n) is 3.43. The van der Waals surface area contributed by atoms with Crippen LogP contribution in [0.3, 0.4) is 0 Å². The number of amidine groups is 1. The topological polar surface area (TPSA) is 27.6 Å². The lowest BCUT2D eigenvalue weighted by Crippen LogP contribution is -2.40. The van der Waals surface area contributed by atoms with Crippen molar-refractivity contribution >= 4 is 33.1 Å². The number of thiophene rings is 1. The Labute approximate surface area is 181 Å². The van der Waals surface area contributed by atoms with Gasteiger partial charge in [0.05, 0.1) is 3.79 Å². The third-order valence-electron chi connectivity index (χ3n) is 5.37. The molecular weight excluding hydrogens is 430 g/mol. The molecule has 150 valence electrons. The molecule has 1 fully saturated rings. The molecule has 2 aromatic rings. The van der Waals surface area contributed by atoms with Crippen molar-refractivity contribution in [3.8, 4) is 0 Å². The molecule has 0 amide bonds. The minimum Gasteiger partial charge on any atom is -0.332 e. The second-order valence-electron chi connectivity index (χ2n) is 7.88. The van der Waals surface area contributed by atoms with Crippen LogP contribution in [0.5, 0.6) is 0 Å². The molecule has 1 saturated carbocycles. The molecular formula is C23H30BrN3S. The van der Waals surface area contributed by atoms with E-state index in [0.717, 1.165) is 34.7 Å². The molecule has 1 aliphatic carbocycles. The van der Waals surface area contributed by atoms with Crippen LogP contribution >= 0.6 is 27.3 Å². The van der Waals surface area contributed by atoms with E-state index in [1.54, 1.807) is 11.3 Å². The Bertz CT molecular complexity index is 821. The average Bonchev–Trinajstić information content (AvgIpc) is 3.43. The average molecular weight is 460 g/mol. The molecule has 0 unspecified atom stereocenters. The highest BCUT2D eigenvalue weighted by Crippen LogP contribution is 2.41. The first kappa shape index (κ1) is 21.1. The smallest absolute Gasteiger partial charge is 0.132 e. The zero-order chi connectivity index (χ0) is 20.1. The second kappa shape index (κ2) is 9.27. The summed E-state index contributed by atoms with van der Waals surface area (Å²) in [6.07, 6.45) is 4.57. The first-order valence-corrected chi connectivity index (χ1v) is 11.6. The van der Waals surface area contributed by atoms with E-state index >= 15 is 0 Å². The highest BCUT2D eigenvalue weighted by atomic mass is 79.9. The maximum Gasteiger partial charge on any atom is 0.132 e. The van der Waals surface area contributed by atoms with Gasteiger partial charge in [-0.1, -0.05) is 36.9 Å². The van der Waals surface area contributed by atoms with Crippen molar-refractivity contribution in [1.29, 1.82) is 0 Å². The van der Waals surface area contributed by atoms with Crippen LogP contribution in [0.25, 0.3) is 0 Å². The van der Waals surface area contributed by atoms with Crippen LogP contribution in [-0.4, -0.2) is 24.3 Å². The summed E-state index contributed by atoms with van der Waals surface area (Å²) in [4.78, 5) is 3.70. The van der Waals surface area contributed by atoms with Crippen molar-refractivity contribution in [2.75, 3.05) is 13.6 Å². The lowest BCUT2D eigenvalue weighted by atomic mass is 9.86. The summed E-state index contributed by atoms with van der Waals surface area (Å²) in [5, 5.41) is 4.67. The van der Waals surface area contributed by atoms with Crippen LogP contribution in [-0.2, 0) is 11.8 Å². The number of hydrogen-bond donors (Lipinski definition) is 1. The Kier molecular flexibility index (Phi) is 7.00. The lowest BCUT2D eigenvalue weighted by molar-refractivity contribution is 0.403. The molecule has 0 bridgehead atoms. The van der Waals surface area contributed by atoms with Crippen LogP contribution < -0.4 is 5.43 Å². The van der Waals surface area contributed by atoms with E-state index in [4.69, 9.17) is 0 Å². The van der Waals surface area contributed by atoms with Gasteiger partial charge in [-0.3, -0.25) is 0 Å². The van der Waals surface area contributed by atoms with Gasteiger partial charge in [-0.2, -0.15) is 5.10 Å². The maximum atomic E-state index is 4.67. The predicted octanol–water partition coefficient (Wildman–Crippen LogP) is 6.18. The van der Waals surface area contributed by atoms with Gasteiger partial charge in [-0.15, -0.1) is 11.3 Å². The summed E-state index contributed by atoms with van der Waals surface area (Å²) < 4.78 is 1.16. The first-order valence-electron chi connectivity index (χ1n) is 9.94. The van der Waals surface area contributed by atoms with E-state index in [9.17, 15) is 0 Å². The second-order valence-corrected chi connectivity index (χ2v) is 10.3. The lowest BCUT2D eigenvalue weighted by Gasteiger charge is -2.37. The zero-order valence-electron chi connectivity index (χ0n) is 17.0. The number of halogens is 1. The van der Waals surface area contributed by atoms with Gasteiger partial charge < -0.3 is 10.3 Å². The molecule has 0 atom stereocenters. The Morgan fingerprint density at radius 3 is 2.54 bits per heavy atom. The van der Waals surface area contributed by atoms with Crippen LogP contribution in [0.4, 0.5) is 0 Å². The third-order valence-corrected chi connectivity index (χ3v) is 7.32. The summed E-state index contributed by atoms with van der Waals surface area (Å²) in [6, 6.07) is 15.0. The molecule has 1 heterocycles. The monoisotopic (exact) mass is 459 g/mol. The van der Waals surface area contributed by atoms with Gasteiger partial charge >= 0.3 is 0 Å². The molecule has 28 heavy (non-hydrogen) atoms. The minimum absolute atomic E-state index is 0.146. The van der Waals surface area contributed by atoms with Crippen molar-refractivity contribution in [2.24, 2.45) is 11.0 Å². The van der Waals surface area contributed by atoms with E-state index < -0.39 is 0 Å². The predicted molar refractivity (Wildman–Crippen MR) is 125 cm³/mol. The summed E-state index contributed by atoms with van der Waals surface area (Å²) in [6.45, 7) is 10.0. The van der Waals surface area contributed by atoms with E-state index in [1.807, 2.05) is 7.05 Å². The molecule has 1 aliphatic rings. The van der Waals surface area contributed by atoms with Crippen LogP contribution in [0.1, 0.15) is 43.6 Å². The number of rotatable bonds is 9. The number of hydrogen-bond acceptors (Lipinski definition) is 3. The Morgan fingerprint density at radius 1 is 1.25 bits per heavy atom. The van der Waals surface area contributed by atoms with Gasteiger partial charge in [0, 0.05) is 35.5 Å². The first-order chi connectivity index (χ1) is 13.4. The SMILES string of the molecule is C=C(N(CCCc1ccccc1)/C(=N\NC)C1CC1)C(C)(C)c1ccc(Br)s1. The summed E-state index contributed by atoms with van der Waals surface area (Å²) in [5.74, 6) is 1.69. The molecule has 1 N–H and O–H groups in total. The number of nitrogens with zero attached hydrogens (tertiary/aromatic N) is 2. The number of benzene rings is 1. The Hall–Kier alpha value is -1.59. The number of hydrazone groups is 1. The largest absolute Gasteiger partial charge is 0.332 e. The standard InChI is InChI=1S/C23H30BrN3S/c1-17(23(2,3)20-14-15-21(24)28-20)27(22(26-25-4)19-12-13-19)16-8-11-18-9-6-5-7-10-18/h5-7,9-10,14-15,19,25H,1,8,11-13,16H2,2-4H3/b26-22-. The van der Waals surface area contributed by atoms with Crippen molar-refractivity contribution in [2.45, 2.75) is 44.9 Å². The molecule has 3 rings (SSSR count). The van der Waals surface area contributed by atoms with Gasteiger partial charge in [-0.05, 0) is 73.2 Å². The highest BCUT2D eigenvalue weighted by Gasteiger charge is 2.37. The van der Waals surface area contributed by atoms with Crippen molar-refractivity contribution in [1.82, 2.24) is 10.3 Å². The summed E-state index contributed by atoms with van der Waals surface area (Å²) >= 11 is 5.39. The van der Waals surface area contributed by atoms with E-state index in [2.05, 4.69) is 94.2 Å². The molecule has 0 radical (unpaired) electrons. The highest BCUT2D eigenvalue weighted by molar-refractivity contribution is 9.11. The molecule has 3 nitrogen and oxygen atoms in total. The van der Waals surface area contributed by atoms with E-state index in [0.29, 0.717) is 5.92 Å². The van der Waals surface area contributed by atoms with Crippen molar-refractivity contribution in [3.05, 3.63) is 69.0 Å². The molecule has 0 saturated heterocycles. The van der Waals surface area contributed by atoms with E-state index in [-0.39, 0.29) is 5.41 Å². The number of nitrogens with one attached hydrogen (secondary N) is 1. The van der Waals surface area contributed by atoms with Gasteiger partial charge in [-0.25, -0.2) is 0 Å². The normalized spacial score (nSPS) is 14.8. The van der Waals surface area contributed by atoms with Gasteiger partial charge in [0.1, 0.15) is 5.84 Å². The fraction of sp³-hybridized carbons (Fsp3) is 0.435. The molecule has 1 aromatic carbocycles.